The zero-order valence-corrected chi connectivity index (χ0v) is 22.4. The Kier molecular flexibility index (Phi) is 8.25. The maximum atomic E-state index is 13.1. The molecule has 3 aromatic carbocycles. The van der Waals surface area contributed by atoms with Crippen molar-refractivity contribution in [3.8, 4) is 28.6 Å². The molecule has 4 aromatic rings. The zero-order chi connectivity index (χ0) is 26.3. The number of hydrogen-bond donors (Lipinski definition) is 0. The average Bonchev–Trinajstić information content (AvgIpc) is 3.41. The highest BCUT2D eigenvalue weighted by Crippen LogP contribution is 2.30. The largest absolute Gasteiger partial charge is 0.497 e. The van der Waals surface area contributed by atoms with Gasteiger partial charge in [0.1, 0.15) is 11.5 Å². The van der Waals surface area contributed by atoms with E-state index in [1.165, 1.54) is 17.3 Å². The molecule has 0 unspecified atom stereocenters. The summed E-state index contributed by atoms with van der Waals surface area (Å²) < 4.78 is 12.7. The fourth-order valence-corrected chi connectivity index (χ4v) is 5.35. The number of rotatable bonds is 9. The Morgan fingerprint density at radius 1 is 0.842 bits per heavy atom. The molecule has 2 heterocycles. The van der Waals surface area contributed by atoms with E-state index in [1.54, 1.807) is 14.2 Å². The van der Waals surface area contributed by atoms with Gasteiger partial charge in [0.2, 0.25) is 5.91 Å². The van der Waals surface area contributed by atoms with Gasteiger partial charge in [0.05, 0.1) is 20.0 Å². The molecule has 0 aliphatic carbocycles. The fourth-order valence-electron chi connectivity index (χ4n) is 4.49. The van der Waals surface area contributed by atoms with E-state index < -0.39 is 0 Å². The molecule has 8 nitrogen and oxygen atoms in total. The topological polar surface area (TPSA) is 72.7 Å². The number of thioether (sulfide) groups is 1. The van der Waals surface area contributed by atoms with Gasteiger partial charge in [-0.1, -0.05) is 54.2 Å². The lowest BCUT2D eigenvalue weighted by Gasteiger charge is -2.34. The minimum Gasteiger partial charge on any atom is -0.497 e. The van der Waals surface area contributed by atoms with Crippen LogP contribution in [0.5, 0.6) is 11.5 Å². The highest BCUT2D eigenvalue weighted by Gasteiger charge is 2.23. The average molecular weight is 530 g/mol. The van der Waals surface area contributed by atoms with E-state index in [1.807, 2.05) is 64.1 Å². The molecule has 0 saturated carbocycles. The molecule has 1 aliphatic heterocycles. The van der Waals surface area contributed by atoms with E-state index in [0.717, 1.165) is 55.5 Å². The molecule has 1 amide bonds. The lowest BCUT2D eigenvalue weighted by molar-refractivity contribution is -0.130. The third-order valence-corrected chi connectivity index (χ3v) is 7.50. The van der Waals surface area contributed by atoms with Crippen molar-refractivity contribution in [3.63, 3.8) is 0 Å². The molecule has 0 bridgehead atoms. The van der Waals surface area contributed by atoms with E-state index in [-0.39, 0.29) is 5.91 Å². The van der Waals surface area contributed by atoms with Crippen molar-refractivity contribution in [2.24, 2.45) is 0 Å². The van der Waals surface area contributed by atoms with Crippen LogP contribution in [0, 0.1) is 0 Å². The summed E-state index contributed by atoms with van der Waals surface area (Å²) in [7, 11) is 3.28. The summed E-state index contributed by atoms with van der Waals surface area (Å²) in [5.41, 5.74) is 3.06. The lowest BCUT2D eigenvalue weighted by Crippen LogP contribution is -2.48. The summed E-state index contributed by atoms with van der Waals surface area (Å²) in [4.78, 5) is 17.5. The van der Waals surface area contributed by atoms with Crippen LogP contribution >= 0.6 is 11.8 Å². The third-order valence-electron chi connectivity index (χ3n) is 6.59. The van der Waals surface area contributed by atoms with Gasteiger partial charge in [0.15, 0.2) is 11.0 Å². The molecule has 0 atom stereocenters. The van der Waals surface area contributed by atoms with Gasteiger partial charge >= 0.3 is 0 Å². The van der Waals surface area contributed by atoms with Crippen LogP contribution in [0.1, 0.15) is 5.56 Å². The predicted molar refractivity (Wildman–Crippen MR) is 149 cm³/mol. The number of amides is 1. The van der Waals surface area contributed by atoms with Crippen molar-refractivity contribution in [1.29, 1.82) is 0 Å². The maximum Gasteiger partial charge on any atom is 0.233 e. The number of ether oxygens (including phenoxy) is 2. The number of aromatic nitrogens is 3. The van der Waals surface area contributed by atoms with Crippen LogP contribution in [-0.4, -0.2) is 76.6 Å². The van der Waals surface area contributed by atoms with Gasteiger partial charge in [-0.25, -0.2) is 0 Å². The molecule has 1 saturated heterocycles. The van der Waals surface area contributed by atoms with Crippen LogP contribution in [0.4, 0.5) is 0 Å². The van der Waals surface area contributed by atoms with Crippen molar-refractivity contribution in [2.45, 2.75) is 11.7 Å². The number of benzene rings is 3. The van der Waals surface area contributed by atoms with Crippen molar-refractivity contribution < 1.29 is 14.3 Å². The van der Waals surface area contributed by atoms with Crippen molar-refractivity contribution in [3.05, 3.63) is 84.4 Å². The minimum absolute atomic E-state index is 0.113. The Morgan fingerprint density at radius 3 is 2.29 bits per heavy atom. The molecule has 1 fully saturated rings. The first kappa shape index (κ1) is 25.8. The van der Waals surface area contributed by atoms with E-state index in [0.29, 0.717) is 16.7 Å². The summed E-state index contributed by atoms with van der Waals surface area (Å²) in [6, 6.07) is 25.9. The highest BCUT2D eigenvalue weighted by atomic mass is 32.2. The molecular weight excluding hydrogens is 498 g/mol. The standard InChI is InChI=1S/C29H31N5O3S/c1-36-25-13-11-24(12-14-25)34-28(23-9-6-10-26(19-23)37-2)30-31-29(34)38-21-27(35)33-17-15-32(16-18-33)20-22-7-4-3-5-8-22/h3-14,19H,15-18,20-21H2,1-2H3. The Bertz CT molecular complexity index is 1350. The molecule has 9 heteroatoms. The van der Waals surface area contributed by atoms with Gasteiger partial charge in [0.25, 0.3) is 0 Å². The summed E-state index contributed by atoms with van der Waals surface area (Å²) in [5.74, 6) is 2.59. The molecule has 38 heavy (non-hydrogen) atoms. The summed E-state index contributed by atoms with van der Waals surface area (Å²) >= 11 is 1.40. The molecule has 1 aliphatic rings. The first-order valence-corrected chi connectivity index (χ1v) is 13.5. The number of piperazine rings is 1. The second-order valence-corrected chi connectivity index (χ2v) is 9.95. The van der Waals surface area contributed by atoms with Gasteiger partial charge < -0.3 is 14.4 Å². The SMILES string of the molecule is COc1ccc(-n2c(SCC(=O)N3CCN(Cc4ccccc4)CC3)nnc2-c2cccc(OC)c2)cc1. The lowest BCUT2D eigenvalue weighted by atomic mass is 10.2. The number of carbonyl (C=O) groups excluding carboxylic acids is 1. The number of carbonyl (C=O) groups is 1. The fraction of sp³-hybridized carbons (Fsp3) is 0.276. The van der Waals surface area contributed by atoms with E-state index in [2.05, 4.69) is 39.4 Å². The van der Waals surface area contributed by atoms with Gasteiger partial charge in [-0.05, 0) is 42.0 Å². The normalized spacial score (nSPS) is 13.9. The van der Waals surface area contributed by atoms with Crippen LogP contribution < -0.4 is 9.47 Å². The second kappa shape index (κ2) is 12.1. The Balaban J connectivity index is 1.29. The molecule has 0 spiro atoms. The second-order valence-electron chi connectivity index (χ2n) is 9.00. The first-order chi connectivity index (χ1) is 18.6. The zero-order valence-electron chi connectivity index (χ0n) is 21.6. The Morgan fingerprint density at radius 2 is 1.58 bits per heavy atom. The Hall–Kier alpha value is -3.82. The van der Waals surface area contributed by atoms with Crippen LogP contribution in [0.15, 0.2) is 84.0 Å². The van der Waals surface area contributed by atoms with Crippen molar-refractivity contribution >= 4 is 17.7 Å². The molecule has 1 aromatic heterocycles. The van der Waals surface area contributed by atoms with Gasteiger partial charge in [-0.2, -0.15) is 0 Å². The van der Waals surface area contributed by atoms with Crippen LogP contribution in [0.25, 0.3) is 17.1 Å². The number of hydrogen-bond acceptors (Lipinski definition) is 7. The summed E-state index contributed by atoms with van der Waals surface area (Å²) in [6.07, 6.45) is 0. The predicted octanol–water partition coefficient (Wildman–Crippen LogP) is 4.39. The number of methoxy groups -OCH3 is 2. The summed E-state index contributed by atoms with van der Waals surface area (Å²) in [5, 5.41) is 9.62. The van der Waals surface area contributed by atoms with E-state index >= 15 is 0 Å². The number of nitrogens with zero attached hydrogens (tertiary/aromatic N) is 5. The van der Waals surface area contributed by atoms with Crippen LogP contribution in [0.2, 0.25) is 0 Å². The molecule has 196 valence electrons. The monoisotopic (exact) mass is 529 g/mol. The first-order valence-electron chi connectivity index (χ1n) is 12.6. The van der Waals surface area contributed by atoms with Crippen LogP contribution in [-0.2, 0) is 11.3 Å². The van der Waals surface area contributed by atoms with Crippen LogP contribution in [0.3, 0.4) is 0 Å². The minimum atomic E-state index is 0.113. The van der Waals surface area contributed by atoms with Crippen molar-refractivity contribution in [2.75, 3.05) is 46.2 Å². The van der Waals surface area contributed by atoms with E-state index in [9.17, 15) is 4.79 Å². The highest BCUT2D eigenvalue weighted by molar-refractivity contribution is 7.99. The van der Waals surface area contributed by atoms with Gasteiger partial charge in [-0.3, -0.25) is 14.3 Å². The maximum absolute atomic E-state index is 13.1. The quantitative estimate of drug-likeness (QED) is 0.298. The molecular formula is C29H31N5O3S. The third kappa shape index (κ3) is 6.00. The Labute approximate surface area is 227 Å². The molecule has 0 N–H and O–H groups in total. The molecule has 5 rings (SSSR count). The van der Waals surface area contributed by atoms with Gasteiger partial charge in [-0.15, -0.1) is 10.2 Å². The van der Waals surface area contributed by atoms with Crippen molar-refractivity contribution in [1.82, 2.24) is 24.6 Å². The van der Waals surface area contributed by atoms with E-state index in [4.69, 9.17) is 9.47 Å². The van der Waals surface area contributed by atoms with Gasteiger partial charge in [0, 0.05) is 44.0 Å². The summed E-state index contributed by atoms with van der Waals surface area (Å²) in [6.45, 7) is 4.11. The molecule has 0 radical (unpaired) electrons. The smallest absolute Gasteiger partial charge is 0.233 e.